The largest absolute Gasteiger partial charge is 0.309 e. The summed E-state index contributed by atoms with van der Waals surface area (Å²) < 4.78 is 2.37. The highest BCUT2D eigenvalue weighted by Gasteiger charge is 2.31. The monoisotopic (exact) mass is 767 g/mol. The third-order valence-electron chi connectivity index (χ3n) is 11.5. The highest BCUT2D eigenvalue weighted by molar-refractivity contribution is 6.21. The maximum absolute atomic E-state index is 5.32. The van der Waals surface area contributed by atoms with Gasteiger partial charge in [-0.25, -0.2) is 4.98 Å². The zero-order chi connectivity index (χ0) is 39.6. The van der Waals surface area contributed by atoms with Gasteiger partial charge in [0.15, 0.2) is 11.6 Å². The third-order valence-corrected chi connectivity index (χ3v) is 11.5. The molecule has 0 bridgehead atoms. The van der Waals surface area contributed by atoms with Gasteiger partial charge in [0.1, 0.15) is 0 Å². The van der Waals surface area contributed by atoms with Gasteiger partial charge in [-0.1, -0.05) is 121 Å². The van der Waals surface area contributed by atoms with Crippen LogP contribution in [0.5, 0.6) is 0 Å². The molecule has 0 fully saturated rings. The summed E-state index contributed by atoms with van der Waals surface area (Å²) in [5, 5.41) is 4.55. The van der Waals surface area contributed by atoms with Crippen molar-refractivity contribution in [2.75, 3.05) is 4.90 Å². The lowest BCUT2D eigenvalue weighted by Crippen LogP contribution is -2.19. The van der Waals surface area contributed by atoms with Crippen molar-refractivity contribution >= 4 is 49.9 Å². The van der Waals surface area contributed by atoms with Crippen LogP contribution in [0.2, 0.25) is 0 Å². The van der Waals surface area contributed by atoms with E-state index in [-0.39, 0.29) is 0 Å². The van der Waals surface area contributed by atoms with E-state index in [0.717, 1.165) is 94.1 Å². The minimum atomic E-state index is 0.537. The molecule has 0 saturated heterocycles. The molecule has 0 radical (unpaired) electrons. The van der Waals surface area contributed by atoms with Gasteiger partial charge in [-0.3, -0.25) is 14.9 Å². The Morgan fingerprint density at radius 1 is 0.367 bits per heavy atom. The van der Waals surface area contributed by atoms with Crippen molar-refractivity contribution in [2.24, 2.45) is 0 Å². The highest BCUT2D eigenvalue weighted by Crippen LogP contribution is 2.54. The molecule has 7 heteroatoms. The Hall–Kier alpha value is -8.29. The Morgan fingerprint density at radius 3 is 1.70 bits per heavy atom. The van der Waals surface area contributed by atoms with E-state index in [4.69, 9.17) is 15.0 Å². The lowest BCUT2D eigenvalue weighted by molar-refractivity contribution is 1.02. The second kappa shape index (κ2) is 13.7. The molecular formula is C53H33N7. The van der Waals surface area contributed by atoms with Gasteiger partial charge in [0.05, 0.1) is 22.4 Å². The van der Waals surface area contributed by atoms with Gasteiger partial charge >= 0.3 is 0 Å². The van der Waals surface area contributed by atoms with Gasteiger partial charge in [-0.15, -0.1) is 0 Å². The van der Waals surface area contributed by atoms with Crippen molar-refractivity contribution in [3.63, 3.8) is 0 Å². The van der Waals surface area contributed by atoms with E-state index in [1.165, 1.54) is 0 Å². The summed E-state index contributed by atoms with van der Waals surface area (Å²) in [5.41, 5.74) is 13.7. The number of hydrogen-bond acceptors (Lipinski definition) is 6. The van der Waals surface area contributed by atoms with Crippen molar-refractivity contribution in [1.82, 2.24) is 29.5 Å². The van der Waals surface area contributed by atoms with E-state index in [1.54, 1.807) is 0 Å². The molecule has 0 unspecified atom stereocenters. The lowest BCUT2D eigenvalue weighted by Gasteiger charge is -2.33. The number of para-hydroxylation sites is 1. The summed E-state index contributed by atoms with van der Waals surface area (Å²) in [7, 11) is 0. The van der Waals surface area contributed by atoms with Gasteiger partial charge in [0.25, 0.3) is 0 Å². The first-order valence-corrected chi connectivity index (χ1v) is 20.0. The summed E-state index contributed by atoms with van der Waals surface area (Å²) in [4.78, 5) is 26.9. The SMILES string of the molecule is c1ccc(-c2nc(-c3ccccc3)nc(N3c4cc5c(cc4-c4cccc6c(-c7cccnc7)ccc3c46)c3cc(-c4cccnc4)ccc3n5-c3ccccc3)n2)cc1. The van der Waals surface area contributed by atoms with Crippen LogP contribution in [0.25, 0.3) is 94.4 Å². The topological polar surface area (TPSA) is 72.6 Å². The fourth-order valence-electron chi connectivity index (χ4n) is 8.84. The predicted octanol–water partition coefficient (Wildman–Crippen LogP) is 13.0. The molecule has 11 aromatic rings. The molecule has 5 heterocycles. The molecule has 0 N–H and O–H groups in total. The van der Waals surface area contributed by atoms with Gasteiger partial charge in [-0.05, 0) is 76.7 Å². The second-order valence-corrected chi connectivity index (χ2v) is 15.0. The first-order chi connectivity index (χ1) is 29.8. The summed E-state index contributed by atoms with van der Waals surface area (Å²) in [6.45, 7) is 0. The van der Waals surface area contributed by atoms with Crippen LogP contribution in [0.3, 0.4) is 0 Å². The number of pyridine rings is 2. The maximum atomic E-state index is 5.32. The van der Waals surface area contributed by atoms with Gasteiger partial charge < -0.3 is 4.57 Å². The van der Waals surface area contributed by atoms with Crippen LogP contribution >= 0.6 is 0 Å². The van der Waals surface area contributed by atoms with E-state index in [1.807, 2.05) is 73.3 Å². The lowest BCUT2D eigenvalue weighted by atomic mass is 9.87. The predicted molar refractivity (Wildman–Crippen MR) is 243 cm³/mol. The summed E-state index contributed by atoms with van der Waals surface area (Å²) >= 11 is 0. The number of fused-ring (bicyclic) bond motifs is 5. The Balaban J connectivity index is 1.21. The zero-order valence-corrected chi connectivity index (χ0v) is 32.2. The molecule has 1 aliphatic rings. The molecule has 12 rings (SSSR count). The van der Waals surface area contributed by atoms with Crippen molar-refractivity contribution in [2.45, 2.75) is 0 Å². The Kier molecular flexibility index (Phi) is 7.71. The standard InChI is InChI=1S/C53H33N7/c1-4-13-34(14-5-1)51-56-52(35-15-6-2-7-16-35)58-53(57-51)60-47-26-24-40(38-18-12-28-55-33-38)41-21-10-22-42(50(41)47)44-30-45-43-29-36(37-17-11-27-54-32-37)23-25-46(43)59(48(45)31-49(44)60)39-19-8-3-9-20-39/h1-33H. The molecule has 0 saturated carbocycles. The van der Waals surface area contributed by atoms with Crippen LogP contribution < -0.4 is 4.90 Å². The number of nitrogens with zero attached hydrogens (tertiary/aromatic N) is 7. The normalized spacial score (nSPS) is 12.0. The van der Waals surface area contributed by atoms with E-state index in [2.05, 4.69) is 147 Å². The van der Waals surface area contributed by atoms with Crippen molar-refractivity contribution in [3.05, 3.63) is 201 Å². The molecule has 1 aliphatic heterocycles. The average Bonchev–Trinajstić information content (AvgIpc) is 3.65. The second-order valence-electron chi connectivity index (χ2n) is 15.0. The molecule has 60 heavy (non-hydrogen) atoms. The van der Waals surface area contributed by atoms with Gasteiger partial charge in [0.2, 0.25) is 5.95 Å². The fraction of sp³-hybridized carbons (Fsp3) is 0. The molecule has 7 nitrogen and oxygen atoms in total. The minimum absolute atomic E-state index is 0.537. The van der Waals surface area contributed by atoms with E-state index in [9.17, 15) is 0 Å². The number of aromatic nitrogens is 6. The van der Waals surface area contributed by atoms with Crippen LogP contribution in [0.1, 0.15) is 0 Å². The summed E-state index contributed by atoms with van der Waals surface area (Å²) in [6, 6.07) is 61.6. The van der Waals surface area contributed by atoms with E-state index < -0.39 is 0 Å². The Labute approximate surface area is 345 Å². The van der Waals surface area contributed by atoms with Gasteiger partial charge in [-0.2, -0.15) is 9.97 Å². The van der Waals surface area contributed by atoms with Crippen molar-refractivity contribution < 1.29 is 0 Å². The highest BCUT2D eigenvalue weighted by atomic mass is 15.3. The summed E-state index contributed by atoms with van der Waals surface area (Å²) in [6.07, 6.45) is 7.50. The minimum Gasteiger partial charge on any atom is -0.309 e. The first-order valence-electron chi connectivity index (χ1n) is 20.0. The fourth-order valence-corrected chi connectivity index (χ4v) is 8.84. The van der Waals surface area contributed by atoms with E-state index >= 15 is 0 Å². The number of rotatable bonds is 6. The third kappa shape index (κ3) is 5.41. The summed E-state index contributed by atoms with van der Waals surface area (Å²) in [5.74, 6) is 1.74. The number of anilines is 3. The molecule has 280 valence electrons. The van der Waals surface area contributed by atoms with Gasteiger partial charge in [0, 0.05) is 74.5 Å². The molecule has 0 spiro atoms. The van der Waals surface area contributed by atoms with Crippen molar-refractivity contribution in [1.29, 1.82) is 0 Å². The van der Waals surface area contributed by atoms with Crippen LogP contribution in [-0.2, 0) is 0 Å². The molecule has 7 aromatic carbocycles. The molecule has 4 aromatic heterocycles. The molecule has 0 aliphatic carbocycles. The van der Waals surface area contributed by atoms with Crippen LogP contribution in [0, 0.1) is 0 Å². The number of benzene rings is 7. The van der Waals surface area contributed by atoms with Crippen LogP contribution in [0.4, 0.5) is 17.3 Å². The quantitative estimate of drug-likeness (QED) is 0.168. The number of hydrogen-bond donors (Lipinski definition) is 0. The zero-order valence-electron chi connectivity index (χ0n) is 32.2. The average molecular weight is 768 g/mol. The Bertz CT molecular complexity index is 3350. The molecular weight excluding hydrogens is 735 g/mol. The first kappa shape index (κ1) is 33.8. The van der Waals surface area contributed by atoms with Crippen LogP contribution in [-0.4, -0.2) is 29.5 Å². The maximum Gasteiger partial charge on any atom is 0.238 e. The molecule has 0 atom stereocenters. The van der Waals surface area contributed by atoms with E-state index in [0.29, 0.717) is 17.6 Å². The smallest absolute Gasteiger partial charge is 0.238 e. The van der Waals surface area contributed by atoms with Crippen LogP contribution in [0.15, 0.2) is 201 Å². The molecule has 0 amide bonds. The Morgan fingerprint density at radius 2 is 1.02 bits per heavy atom. The van der Waals surface area contributed by atoms with Crippen molar-refractivity contribution in [3.8, 4) is 61.8 Å².